The third-order valence-electron chi connectivity index (χ3n) is 2.10. The summed E-state index contributed by atoms with van der Waals surface area (Å²) in [6.07, 6.45) is 2.28. The van der Waals surface area contributed by atoms with Gasteiger partial charge in [-0.05, 0) is 24.3 Å². The van der Waals surface area contributed by atoms with E-state index < -0.39 is 0 Å². The fourth-order valence-corrected chi connectivity index (χ4v) is 2.44. The zero-order chi connectivity index (χ0) is 12.7. The minimum atomic E-state index is -0.0460. The molecule has 1 rings (SSSR count). The molecule has 0 saturated carbocycles. The molecule has 0 unspecified atom stereocenters. The Morgan fingerprint density at radius 1 is 1.41 bits per heavy atom. The van der Waals surface area contributed by atoms with Gasteiger partial charge in [0.05, 0.1) is 21.5 Å². The van der Waals surface area contributed by atoms with Gasteiger partial charge in [-0.15, -0.1) is 0 Å². The van der Waals surface area contributed by atoms with Crippen LogP contribution in [0.15, 0.2) is 18.2 Å². The summed E-state index contributed by atoms with van der Waals surface area (Å²) in [6.45, 7) is 2.13. The van der Waals surface area contributed by atoms with E-state index in [1.165, 1.54) is 0 Å². The van der Waals surface area contributed by atoms with Crippen LogP contribution in [0.4, 0.5) is 5.69 Å². The fourth-order valence-electron chi connectivity index (χ4n) is 1.20. The number of unbranched alkanes of at least 4 members (excludes halogenated alkanes) is 1. The molecule has 0 aliphatic heterocycles. The Morgan fingerprint density at radius 2 is 2.18 bits per heavy atom. The first-order valence-corrected chi connectivity index (χ1v) is 7.37. The molecule has 5 heteroatoms. The van der Waals surface area contributed by atoms with E-state index in [1.807, 2.05) is 0 Å². The zero-order valence-corrected chi connectivity index (χ0v) is 12.0. The Balaban J connectivity index is 2.43. The molecule has 0 fully saturated rings. The topological polar surface area (TPSA) is 29.1 Å². The second kappa shape index (κ2) is 7.85. The van der Waals surface area contributed by atoms with Gasteiger partial charge in [-0.2, -0.15) is 11.8 Å². The number of anilines is 1. The van der Waals surface area contributed by atoms with Crippen LogP contribution in [0.1, 0.15) is 19.8 Å². The molecule has 17 heavy (non-hydrogen) atoms. The van der Waals surface area contributed by atoms with E-state index in [2.05, 4.69) is 12.2 Å². The molecule has 0 bridgehead atoms. The third kappa shape index (κ3) is 5.19. The molecule has 0 aliphatic carbocycles. The van der Waals surface area contributed by atoms with Crippen LogP contribution in [0.25, 0.3) is 0 Å². The summed E-state index contributed by atoms with van der Waals surface area (Å²) in [5, 5.41) is 3.59. The lowest BCUT2D eigenvalue weighted by Gasteiger charge is -2.07. The molecule has 0 radical (unpaired) electrons. The summed E-state index contributed by atoms with van der Waals surface area (Å²) in [5.41, 5.74) is 0.570. The maximum atomic E-state index is 11.6. The summed E-state index contributed by atoms with van der Waals surface area (Å²) in [5.74, 6) is 1.41. The average Bonchev–Trinajstić information content (AvgIpc) is 2.31. The maximum Gasteiger partial charge on any atom is 0.234 e. The molecule has 0 atom stereocenters. The second-order valence-electron chi connectivity index (χ2n) is 3.56. The summed E-state index contributed by atoms with van der Waals surface area (Å²) in [7, 11) is 0. The largest absolute Gasteiger partial charge is 0.324 e. The van der Waals surface area contributed by atoms with E-state index in [4.69, 9.17) is 23.2 Å². The minimum Gasteiger partial charge on any atom is -0.324 e. The van der Waals surface area contributed by atoms with Gasteiger partial charge < -0.3 is 5.32 Å². The molecule has 0 aromatic heterocycles. The SMILES string of the molecule is CCCCSCC(=O)Nc1cccc(Cl)c1Cl. The van der Waals surface area contributed by atoms with Crippen LogP contribution in [0.3, 0.4) is 0 Å². The second-order valence-corrected chi connectivity index (χ2v) is 5.45. The summed E-state index contributed by atoms with van der Waals surface area (Å²) in [4.78, 5) is 11.6. The van der Waals surface area contributed by atoms with Crippen molar-refractivity contribution >= 4 is 46.6 Å². The Kier molecular flexibility index (Phi) is 6.78. The molecule has 2 nitrogen and oxygen atoms in total. The number of hydrogen-bond donors (Lipinski definition) is 1. The van der Waals surface area contributed by atoms with Gasteiger partial charge in [0.15, 0.2) is 0 Å². The number of rotatable bonds is 6. The van der Waals surface area contributed by atoms with Gasteiger partial charge >= 0.3 is 0 Å². The molecule has 0 spiro atoms. The fraction of sp³-hybridized carbons (Fsp3) is 0.417. The lowest BCUT2D eigenvalue weighted by molar-refractivity contribution is -0.113. The normalized spacial score (nSPS) is 10.3. The number of amides is 1. The number of nitrogens with one attached hydrogen (secondary N) is 1. The highest BCUT2D eigenvalue weighted by Gasteiger charge is 2.07. The Hall–Kier alpha value is -0.380. The number of thioether (sulfide) groups is 1. The van der Waals surface area contributed by atoms with Gasteiger partial charge in [-0.3, -0.25) is 4.79 Å². The van der Waals surface area contributed by atoms with E-state index in [9.17, 15) is 4.79 Å². The van der Waals surface area contributed by atoms with Gasteiger partial charge in [-0.1, -0.05) is 42.6 Å². The molecular formula is C12H15Cl2NOS. The van der Waals surface area contributed by atoms with Crippen molar-refractivity contribution in [1.82, 2.24) is 0 Å². The highest BCUT2D eigenvalue weighted by atomic mass is 35.5. The molecule has 1 aromatic rings. The number of halogens is 2. The molecule has 1 N–H and O–H groups in total. The zero-order valence-electron chi connectivity index (χ0n) is 9.63. The van der Waals surface area contributed by atoms with Crippen LogP contribution >= 0.6 is 35.0 Å². The maximum absolute atomic E-state index is 11.6. The van der Waals surface area contributed by atoms with Crippen molar-refractivity contribution < 1.29 is 4.79 Å². The molecule has 0 aliphatic rings. The monoisotopic (exact) mass is 291 g/mol. The van der Waals surface area contributed by atoms with E-state index in [0.717, 1.165) is 18.6 Å². The Morgan fingerprint density at radius 3 is 2.88 bits per heavy atom. The highest BCUT2D eigenvalue weighted by Crippen LogP contribution is 2.29. The van der Waals surface area contributed by atoms with E-state index in [-0.39, 0.29) is 5.91 Å². The predicted octanol–water partition coefficient (Wildman–Crippen LogP) is 4.47. The van der Waals surface area contributed by atoms with Crippen LogP contribution in [-0.4, -0.2) is 17.4 Å². The standard InChI is InChI=1S/C12H15Cl2NOS/c1-2-3-7-17-8-11(16)15-10-6-4-5-9(13)12(10)14/h4-6H,2-3,7-8H2,1H3,(H,15,16). The Labute approximate surface area is 116 Å². The van der Waals surface area contributed by atoms with Gasteiger partial charge in [0, 0.05) is 0 Å². The average molecular weight is 292 g/mol. The summed E-state index contributed by atoms with van der Waals surface area (Å²) >= 11 is 13.4. The van der Waals surface area contributed by atoms with Gasteiger partial charge in [0.1, 0.15) is 0 Å². The van der Waals surface area contributed by atoms with Crippen molar-refractivity contribution in [3.8, 4) is 0 Å². The number of carbonyl (C=O) groups is 1. The molecule has 0 saturated heterocycles. The van der Waals surface area contributed by atoms with Crippen molar-refractivity contribution in [2.45, 2.75) is 19.8 Å². The number of hydrogen-bond acceptors (Lipinski definition) is 2. The molecular weight excluding hydrogens is 277 g/mol. The van der Waals surface area contributed by atoms with Crippen molar-refractivity contribution in [2.75, 3.05) is 16.8 Å². The van der Waals surface area contributed by atoms with Crippen molar-refractivity contribution in [2.24, 2.45) is 0 Å². The van der Waals surface area contributed by atoms with Crippen molar-refractivity contribution in [1.29, 1.82) is 0 Å². The molecule has 94 valence electrons. The summed E-state index contributed by atoms with van der Waals surface area (Å²) < 4.78 is 0. The van der Waals surface area contributed by atoms with Crippen LogP contribution in [0, 0.1) is 0 Å². The van der Waals surface area contributed by atoms with Crippen LogP contribution in [0.2, 0.25) is 10.0 Å². The highest BCUT2D eigenvalue weighted by molar-refractivity contribution is 7.99. The van der Waals surface area contributed by atoms with Crippen LogP contribution in [0.5, 0.6) is 0 Å². The lowest BCUT2D eigenvalue weighted by Crippen LogP contribution is -2.14. The van der Waals surface area contributed by atoms with Crippen molar-refractivity contribution in [3.63, 3.8) is 0 Å². The van der Waals surface area contributed by atoms with Crippen molar-refractivity contribution in [3.05, 3.63) is 28.2 Å². The smallest absolute Gasteiger partial charge is 0.234 e. The van der Waals surface area contributed by atoms with Crippen LogP contribution in [-0.2, 0) is 4.79 Å². The third-order valence-corrected chi connectivity index (χ3v) is 3.96. The molecule has 0 heterocycles. The van der Waals surface area contributed by atoms with Gasteiger partial charge in [-0.25, -0.2) is 0 Å². The van der Waals surface area contributed by atoms with E-state index in [1.54, 1.807) is 30.0 Å². The summed E-state index contributed by atoms with van der Waals surface area (Å²) in [6, 6.07) is 5.19. The first-order valence-electron chi connectivity index (χ1n) is 5.46. The molecule has 1 amide bonds. The van der Waals surface area contributed by atoms with Gasteiger partial charge in [0.2, 0.25) is 5.91 Å². The number of benzene rings is 1. The number of carbonyl (C=O) groups excluding carboxylic acids is 1. The quantitative estimate of drug-likeness (QED) is 0.784. The first-order chi connectivity index (χ1) is 8.15. The predicted molar refractivity (Wildman–Crippen MR) is 77.3 cm³/mol. The Bertz CT molecular complexity index is 385. The first kappa shape index (κ1) is 14.7. The van der Waals surface area contributed by atoms with Gasteiger partial charge in [0.25, 0.3) is 0 Å². The minimum absolute atomic E-state index is 0.0460. The van der Waals surface area contributed by atoms with E-state index >= 15 is 0 Å². The molecule has 1 aromatic carbocycles. The lowest BCUT2D eigenvalue weighted by atomic mass is 10.3. The van der Waals surface area contributed by atoms with E-state index in [0.29, 0.717) is 21.5 Å². The van der Waals surface area contributed by atoms with Crippen LogP contribution < -0.4 is 5.32 Å².